The Balaban J connectivity index is 1.44. The zero-order chi connectivity index (χ0) is 17.8. The summed E-state index contributed by atoms with van der Waals surface area (Å²) in [6.45, 7) is 7.24. The van der Waals surface area contributed by atoms with Crippen LogP contribution in [0.5, 0.6) is 0 Å². The second-order valence-electron chi connectivity index (χ2n) is 6.42. The van der Waals surface area contributed by atoms with Gasteiger partial charge in [0.25, 0.3) is 0 Å². The van der Waals surface area contributed by atoms with Crippen LogP contribution >= 0.6 is 11.3 Å². The second-order valence-corrected chi connectivity index (χ2v) is 7.45. The molecule has 0 amide bonds. The molecule has 0 aliphatic carbocycles. The average molecular weight is 366 g/mol. The lowest BCUT2D eigenvalue weighted by Gasteiger charge is -2.27. The first kappa shape index (κ1) is 17.1. The molecular formula is C19H22N6S. The van der Waals surface area contributed by atoms with Crippen LogP contribution in [0, 0.1) is 6.92 Å². The van der Waals surface area contributed by atoms with Gasteiger partial charge in [-0.3, -0.25) is 9.88 Å². The molecule has 0 atom stereocenters. The van der Waals surface area contributed by atoms with Crippen molar-refractivity contribution in [1.29, 1.82) is 0 Å². The fourth-order valence-corrected chi connectivity index (χ4v) is 3.77. The van der Waals surface area contributed by atoms with E-state index in [0.717, 1.165) is 59.8 Å². The predicted molar refractivity (Wildman–Crippen MR) is 106 cm³/mol. The Labute approximate surface area is 157 Å². The monoisotopic (exact) mass is 366 g/mol. The Bertz CT molecular complexity index is 854. The Morgan fingerprint density at radius 1 is 1.12 bits per heavy atom. The summed E-state index contributed by atoms with van der Waals surface area (Å²) in [5, 5.41) is 7.55. The van der Waals surface area contributed by atoms with E-state index in [4.69, 9.17) is 0 Å². The number of nitrogens with one attached hydrogen (secondary N) is 2. The van der Waals surface area contributed by atoms with Crippen LogP contribution in [-0.4, -0.2) is 46.0 Å². The van der Waals surface area contributed by atoms with Crippen LogP contribution in [-0.2, 0) is 6.54 Å². The van der Waals surface area contributed by atoms with E-state index in [-0.39, 0.29) is 0 Å². The van der Waals surface area contributed by atoms with E-state index in [1.807, 2.05) is 31.6 Å². The van der Waals surface area contributed by atoms with Gasteiger partial charge in [-0.15, -0.1) is 0 Å². The molecular weight excluding hydrogens is 344 g/mol. The van der Waals surface area contributed by atoms with Crippen LogP contribution in [0.1, 0.15) is 11.3 Å². The molecule has 0 unspecified atom stereocenters. The summed E-state index contributed by atoms with van der Waals surface area (Å²) in [6.07, 6.45) is 5.63. The summed E-state index contributed by atoms with van der Waals surface area (Å²) in [5.74, 6) is 0.834. The molecule has 1 fully saturated rings. The van der Waals surface area contributed by atoms with Crippen LogP contribution in [0.3, 0.4) is 0 Å². The molecule has 1 saturated heterocycles. The molecule has 4 rings (SSSR count). The number of hydrogen-bond acceptors (Lipinski definition) is 7. The van der Waals surface area contributed by atoms with Crippen molar-refractivity contribution in [3.63, 3.8) is 0 Å². The molecule has 0 radical (unpaired) electrons. The molecule has 6 nitrogen and oxygen atoms in total. The molecule has 2 N–H and O–H groups in total. The van der Waals surface area contributed by atoms with Crippen molar-refractivity contribution in [2.75, 3.05) is 31.5 Å². The minimum atomic E-state index is 0.834. The highest BCUT2D eigenvalue weighted by molar-refractivity contribution is 7.18. The number of hydrogen-bond donors (Lipinski definition) is 2. The van der Waals surface area contributed by atoms with Crippen LogP contribution in [0.15, 0.2) is 42.9 Å². The molecule has 1 aliphatic heterocycles. The van der Waals surface area contributed by atoms with Gasteiger partial charge in [-0.05, 0) is 30.7 Å². The van der Waals surface area contributed by atoms with Gasteiger partial charge in [-0.1, -0.05) is 17.4 Å². The minimum Gasteiger partial charge on any atom is -0.316 e. The van der Waals surface area contributed by atoms with E-state index in [1.165, 1.54) is 5.56 Å². The lowest BCUT2D eigenvalue weighted by atomic mass is 10.2. The van der Waals surface area contributed by atoms with Crippen molar-refractivity contribution >= 4 is 22.3 Å². The summed E-state index contributed by atoms with van der Waals surface area (Å²) < 4.78 is 0. The molecule has 0 bridgehead atoms. The maximum absolute atomic E-state index is 4.48. The van der Waals surface area contributed by atoms with Crippen LogP contribution < -0.4 is 10.6 Å². The van der Waals surface area contributed by atoms with Crippen molar-refractivity contribution < 1.29 is 0 Å². The summed E-state index contributed by atoms with van der Waals surface area (Å²) in [6, 6.07) is 8.28. The third-order valence-electron chi connectivity index (χ3n) is 4.38. The smallest absolute Gasteiger partial charge is 0.188 e. The number of aromatic nitrogens is 3. The number of anilines is 2. The van der Waals surface area contributed by atoms with Crippen LogP contribution in [0.25, 0.3) is 10.4 Å². The molecule has 4 heterocycles. The van der Waals surface area contributed by atoms with E-state index in [0.29, 0.717) is 0 Å². The molecule has 0 spiro atoms. The van der Waals surface area contributed by atoms with Gasteiger partial charge in [0.1, 0.15) is 5.82 Å². The van der Waals surface area contributed by atoms with E-state index >= 15 is 0 Å². The van der Waals surface area contributed by atoms with Gasteiger partial charge in [0.05, 0.1) is 4.88 Å². The molecule has 26 heavy (non-hydrogen) atoms. The molecule has 3 aromatic rings. The number of pyridine rings is 2. The number of nitrogens with zero attached hydrogens (tertiary/aromatic N) is 4. The standard InChI is InChI=1S/C19H22N6S/c1-14-2-3-16(11-22-14)17-12-23-19(26-17)24-18-10-15(4-5-21-18)13-25-8-6-20-7-9-25/h2-5,10-12,20H,6-9,13H2,1H3,(H,21,23,24). The van der Waals surface area contributed by atoms with Gasteiger partial charge in [-0.2, -0.15) is 0 Å². The Hall–Kier alpha value is -2.35. The highest BCUT2D eigenvalue weighted by Gasteiger charge is 2.11. The van der Waals surface area contributed by atoms with E-state index < -0.39 is 0 Å². The summed E-state index contributed by atoms with van der Waals surface area (Å²) >= 11 is 1.61. The van der Waals surface area contributed by atoms with E-state index in [2.05, 4.69) is 48.7 Å². The quantitative estimate of drug-likeness (QED) is 0.723. The van der Waals surface area contributed by atoms with E-state index in [9.17, 15) is 0 Å². The van der Waals surface area contributed by atoms with Crippen LogP contribution in [0.2, 0.25) is 0 Å². The number of aryl methyl sites for hydroxylation is 1. The van der Waals surface area contributed by atoms with Crippen molar-refractivity contribution in [3.05, 3.63) is 54.1 Å². The fraction of sp³-hybridized carbons (Fsp3) is 0.316. The third kappa shape index (κ3) is 4.24. The zero-order valence-corrected chi connectivity index (χ0v) is 15.6. The molecule has 7 heteroatoms. The van der Waals surface area contributed by atoms with E-state index in [1.54, 1.807) is 11.3 Å². The van der Waals surface area contributed by atoms with Gasteiger partial charge >= 0.3 is 0 Å². The van der Waals surface area contributed by atoms with Crippen molar-refractivity contribution in [1.82, 2.24) is 25.2 Å². The molecule has 0 aromatic carbocycles. The SMILES string of the molecule is Cc1ccc(-c2cnc(Nc3cc(CN4CCNCC4)ccn3)s2)cn1. The fourth-order valence-electron chi connectivity index (χ4n) is 2.96. The zero-order valence-electron chi connectivity index (χ0n) is 14.8. The number of piperazine rings is 1. The van der Waals surface area contributed by atoms with Gasteiger partial charge in [0, 0.05) is 62.6 Å². The first-order chi connectivity index (χ1) is 12.8. The number of thiazole rings is 1. The summed E-state index contributed by atoms with van der Waals surface area (Å²) in [7, 11) is 0. The van der Waals surface area contributed by atoms with Crippen molar-refractivity contribution in [2.45, 2.75) is 13.5 Å². The topological polar surface area (TPSA) is 66.0 Å². The normalized spacial score (nSPS) is 15.1. The maximum Gasteiger partial charge on any atom is 0.188 e. The predicted octanol–water partition coefficient (Wildman–Crippen LogP) is 3.06. The average Bonchev–Trinajstić information content (AvgIpc) is 3.12. The number of rotatable bonds is 5. The highest BCUT2D eigenvalue weighted by atomic mass is 32.1. The Morgan fingerprint density at radius 2 is 2.00 bits per heavy atom. The Kier molecular flexibility index (Phi) is 5.19. The van der Waals surface area contributed by atoms with Gasteiger partial charge in [-0.25, -0.2) is 9.97 Å². The third-order valence-corrected chi connectivity index (χ3v) is 5.34. The Morgan fingerprint density at radius 3 is 2.81 bits per heavy atom. The summed E-state index contributed by atoms with van der Waals surface area (Å²) in [5.41, 5.74) is 3.37. The van der Waals surface area contributed by atoms with Crippen molar-refractivity contribution in [3.8, 4) is 10.4 Å². The van der Waals surface area contributed by atoms with Gasteiger partial charge < -0.3 is 10.6 Å². The first-order valence-electron chi connectivity index (χ1n) is 8.80. The van der Waals surface area contributed by atoms with Gasteiger partial charge in [0.15, 0.2) is 5.13 Å². The van der Waals surface area contributed by atoms with Crippen LogP contribution in [0.4, 0.5) is 10.9 Å². The molecule has 1 aliphatic rings. The van der Waals surface area contributed by atoms with Gasteiger partial charge in [0.2, 0.25) is 0 Å². The molecule has 3 aromatic heterocycles. The molecule has 134 valence electrons. The lowest BCUT2D eigenvalue weighted by Crippen LogP contribution is -2.42. The summed E-state index contributed by atoms with van der Waals surface area (Å²) in [4.78, 5) is 16.8. The second kappa shape index (κ2) is 7.90. The maximum atomic E-state index is 4.48. The highest BCUT2D eigenvalue weighted by Crippen LogP contribution is 2.30. The molecule has 0 saturated carbocycles. The minimum absolute atomic E-state index is 0.834. The first-order valence-corrected chi connectivity index (χ1v) is 9.62. The largest absolute Gasteiger partial charge is 0.316 e. The van der Waals surface area contributed by atoms with Crippen molar-refractivity contribution in [2.24, 2.45) is 0 Å². The lowest BCUT2D eigenvalue weighted by molar-refractivity contribution is 0.233.